The van der Waals surface area contributed by atoms with E-state index in [-0.39, 0.29) is 17.2 Å². The van der Waals surface area contributed by atoms with Crippen molar-refractivity contribution in [3.05, 3.63) is 35.4 Å². The van der Waals surface area contributed by atoms with E-state index < -0.39 is 24.2 Å². The van der Waals surface area contributed by atoms with Gasteiger partial charge in [0.05, 0.1) is 5.92 Å². The number of hydrogen-bond donors (Lipinski definition) is 2. The molecule has 2 rings (SSSR count). The van der Waals surface area contributed by atoms with Gasteiger partial charge in [-0.05, 0) is 31.4 Å². The highest BCUT2D eigenvalue weighted by Crippen LogP contribution is 2.26. The maximum absolute atomic E-state index is 12.6. The number of carbonyl (C=O) groups excluding carboxylic acids is 1. The lowest BCUT2D eigenvalue weighted by Gasteiger charge is -2.13. The van der Waals surface area contributed by atoms with Gasteiger partial charge in [0.2, 0.25) is 0 Å². The lowest BCUT2D eigenvalue weighted by atomic mass is 10.1. The van der Waals surface area contributed by atoms with Crippen molar-refractivity contribution in [2.75, 3.05) is 0 Å². The van der Waals surface area contributed by atoms with Crippen LogP contribution in [-0.2, 0) is 4.79 Å². The fourth-order valence-corrected chi connectivity index (χ4v) is 2.42. The third kappa shape index (κ3) is 3.31. The molecule has 1 aromatic rings. The highest BCUT2D eigenvalue weighted by molar-refractivity contribution is 5.94. The standard InChI is InChI=1S/C14H15F2NO3/c15-12(16)8-2-1-3-9(6-8)13(18)17-11-5-4-10(7-11)14(19)20/h1-3,6,10-12H,4-5,7H2,(H,17,18)(H,19,20)/t10-,11+/m1/s1. The fraction of sp³-hybridized carbons (Fsp3) is 0.429. The van der Waals surface area contributed by atoms with Crippen LogP contribution in [0.2, 0.25) is 0 Å². The van der Waals surface area contributed by atoms with Gasteiger partial charge in [-0.2, -0.15) is 0 Å². The molecule has 0 unspecified atom stereocenters. The van der Waals surface area contributed by atoms with E-state index in [9.17, 15) is 18.4 Å². The first-order valence-electron chi connectivity index (χ1n) is 6.39. The van der Waals surface area contributed by atoms with E-state index in [0.29, 0.717) is 19.3 Å². The average molecular weight is 283 g/mol. The van der Waals surface area contributed by atoms with Gasteiger partial charge in [0.1, 0.15) is 0 Å². The van der Waals surface area contributed by atoms with Crippen LogP contribution in [0.25, 0.3) is 0 Å². The van der Waals surface area contributed by atoms with Gasteiger partial charge >= 0.3 is 5.97 Å². The fourth-order valence-electron chi connectivity index (χ4n) is 2.42. The van der Waals surface area contributed by atoms with Gasteiger partial charge in [-0.1, -0.05) is 12.1 Å². The molecule has 2 atom stereocenters. The summed E-state index contributed by atoms with van der Waals surface area (Å²) in [6.45, 7) is 0. The zero-order valence-electron chi connectivity index (χ0n) is 10.7. The monoisotopic (exact) mass is 283 g/mol. The molecule has 1 fully saturated rings. The number of carbonyl (C=O) groups is 2. The van der Waals surface area contributed by atoms with Gasteiger partial charge in [0.15, 0.2) is 0 Å². The van der Waals surface area contributed by atoms with E-state index in [4.69, 9.17) is 5.11 Å². The Morgan fingerprint density at radius 1 is 1.30 bits per heavy atom. The van der Waals surface area contributed by atoms with Crippen LogP contribution in [0.1, 0.15) is 41.6 Å². The van der Waals surface area contributed by atoms with Gasteiger partial charge in [-0.3, -0.25) is 9.59 Å². The summed E-state index contributed by atoms with van der Waals surface area (Å²) in [5, 5.41) is 11.6. The Hall–Kier alpha value is -1.98. The van der Waals surface area contributed by atoms with Crippen LogP contribution in [0.4, 0.5) is 8.78 Å². The molecule has 1 aromatic carbocycles. The molecule has 20 heavy (non-hydrogen) atoms. The van der Waals surface area contributed by atoms with Crippen molar-refractivity contribution in [1.82, 2.24) is 5.32 Å². The Balaban J connectivity index is 1.99. The summed E-state index contributed by atoms with van der Waals surface area (Å²) >= 11 is 0. The third-order valence-corrected chi connectivity index (χ3v) is 3.52. The summed E-state index contributed by atoms with van der Waals surface area (Å²) in [5.74, 6) is -1.74. The van der Waals surface area contributed by atoms with Crippen LogP contribution in [0.5, 0.6) is 0 Å². The van der Waals surface area contributed by atoms with E-state index in [1.54, 1.807) is 0 Å². The summed E-state index contributed by atoms with van der Waals surface area (Å²) in [7, 11) is 0. The van der Waals surface area contributed by atoms with Crippen LogP contribution in [-0.4, -0.2) is 23.0 Å². The summed E-state index contributed by atoms with van der Waals surface area (Å²) < 4.78 is 25.1. The summed E-state index contributed by atoms with van der Waals surface area (Å²) in [6.07, 6.45) is -1.12. The Morgan fingerprint density at radius 2 is 2.05 bits per heavy atom. The summed E-state index contributed by atoms with van der Waals surface area (Å²) in [6, 6.07) is 5.08. The maximum atomic E-state index is 12.6. The van der Waals surface area contributed by atoms with Gasteiger partial charge in [-0.15, -0.1) is 0 Å². The first-order valence-corrected chi connectivity index (χ1v) is 6.39. The number of aliphatic carboxylic acids is 1. The SMILES string of the molecule is O=C(N[C@H]1CC[C@@H](C(=O)O)C1)c1cccc(C(F)F)c1. The quantitative estimate of drug-likeness (QED) is 0.892. The molecule has 0 heterocycles. The van der Waals surface area contributed by atoms with Crippen molar-refractivity contribution in [3.63, 3.8) is 0 Å². The lowest BCUT2D eigenvalue weighted by molar-refractivity contribution is -0.141. The van der Waals surface area contributed by atoms with Gasteiger partial charge in [-0.25, -0.2) is 8.78 Å². The van der Waals surface area contributed by atoms with E-state index in [2.05, 4.69) is 5.32 Å². The molecule has 1 amide bonds. The third-order valence-electron chi connectivity index (χ3n) is 3.52. The number of nitrogens with one attached hydrogen (secondary N) is 1. The minimum Gasteiger partial charge on any atom is -0.481 e. The van der Waals surface area contributed by atoms with Crippen LogP contribution in [0.3, 0.4) is 0 Å². The molecule has 0 spiro atoms. The highest BCUT2D eigenvalue weighted by Gasteiger charge is 2.30. The average Bonchev–Trinajstić information content (AvgIpc) is 2.87. The molecule has 0 aliphatic heterocycles. The second kappa shape index (κ2) is 5.98. The molecule has 1 aliphatic rings. The van der Waals surface area contributed by atoms with Gasteiger partial charge < -0.3 is 10.4 Å². The number of carboxylic acids is 1. The molecule has 1 saturated carbocycles. The Labute approximate surface area is 114 Å². The second-order valence-corrected chi connectivity index (χ2v) is 4.94. The first-order chi connectivity index (χ1) is 9.47. The van der Waals surface area contributed by atoms with Crippen molar-refractivity contribution in [3.8, 4) is 0 Å². The molecule has 6 heteroatoms. The van der Waals surface area contributed by atoms with E-state index in [1.165, 1.54) is 18.2 Å². The largest absolute Gasteiger partial charge is 0.481 e. The molecule has 108 valence electrons. The zero-order chi connectivity index (χ0) is 14.7. The first kappa shape index (κ1) is 14.4. The number of carboxylic acid groups (broad SMARTS) is 1. The lowest BCUT2D eigenvalue weighted by Crippen LogP contribution is -2.33. The van der Waals surface area contributed by atoms with E-state index in [0.717, 1.165) is 6.07 Å². The van der Waals surface area contributed by atoms with Gasteiger partial charge in [0.25, 0.3) is 12.3 Å². The van der Waals surface area contributed by atoms with Crippen LogP contribution in [0.15, 0.2) is 24.3 Å². The van der Waals surface area contributed by atoms with Crippen LogP contribution in [0, 0.1) is 5.92 Å². The van der Waals surface area contributed by atoms with Crippen LogP contribution >= 0.6 is 0 Å². The van der Waals surface area contributed by atoms with Crippen molar-refractivity contribution in [2.45, 2.75) is 31.7 Å². The summed E-state index contributed by atoms with van der Waals surface area (Å²) in [5.41, 5.74) is -0.0333. The maximum Gasteiger partial charge on any atom is 0.306 e. The minimum atomic E-state index is -2.62. The molecule has 1 aliphatic carbocycles. The van der Waals surface area contributed by atoms with Crippen molar-refractivity contribution < 1.29 is 23.5 Å². The Morgan fingerprint density at radius 3 is 2.65 bits per heavy atom. The molecule has 0 aromatic heterocycles. The molecule has 4 nitrogen and oxygen atoms in total. The molecule has 0 bridgehead atoms. The van der Waals surface area contributed by atoms with E-state index in [1.807, 2.05) is 0 Å². The number of rotatable bonds is 4. The molecule has 0 radical (unpaired) electrons. The van der Waals surface area contributed by atoms with E-state index >= 15 is 0 Å². The summed E-state index contributed by atoms with van der Waals surface area (Å²) in [4.78, 5) is 22.8. The molecule has 2 N–H and O–H groups in total. The van der Waals surface area contributed by atoms with Crippen molar-refractivity contribution in [1.29, 1.82) is 0 Å². The minimum absolute atomic E-state index is 0.168. The number of halogens is 2. The molecule has 0 saturated heterocycles. The zero-order valence-corrected chi connectivity index (χ0v) is 10.7. The Kier molecular flexibility index (Phi) is 4.32. The predicted octanol–water partition coefficient (Wildman–Crippen LogP) is 2.61. The predicted molar refractivity (Wildman–Crippen MR) is 67.6 cm³/mol. The number of hydrogen-bond acceptors (Lipinski definition) is 2. The number of amides is 1. The Bertz CT molecular complexity index is 519. The van der Waals surface area contributed by atoms with Gasteiger partial charge in [0, 0.05) is 17.2 Å². The number of alkyl halides is 2. The second-order valence-electron chi connectivity index (χ2n) is 4.94. The topological polar surface area (TPSA) is 66.4 Å². The van der Waals surface area contributed by atoms with Crippen molar-refractivity contribution in [2.24, 2.45) is 5.92 Å². The number of benzene rings is 1. The normalized spacial score (nSPS) is 21.9. The van der Waals surface area contributed by atoms with Crippen molar-refractivity contribution >= 4 is 11.9 Å². The smallest absolute Gasteiger partial charge is 0.306 e. The molecular weight excluding hydrogens is 268 g/mol. The highest BCUT2D eigenvalue weighted by atomic mass is 19.3. The van der Waals surface area contributed by atoms with Crippen LogP contribution < -0.4 is 5.32 Å². The molecular formula is C14H15F2NO3.